The molecular weight excluding hydrogens is 248 g/mol. The van der Waals surface area contributed by atoms with Crippen LogP contribution in [0.3, 0.4) is 0 Å². The summed E-state index contributed by atoms with van der Waals surface area (Å²) in [7, 11) is 1.78. The van der Waals surface area contributed by atoms with Gasteiger partial charge in [-0.15, -0.1) is 0 Å². The number of pyridine rings is 1. The predicted octanol–water partition coefficient (Wildman–Crippen LogP) is 2.10. The molecule has 0 spiro atoms. The van der Waals surface area contributed by atoms with Crippen LogP contribution in [0.25, 0.3) is 0 Å². The number of aromatic nitrogens is 1. The standard InChI is InChI=1S/C13H21ClN4/c1-10(2)8-18-13(15-3)16-7-6-11-4-5-12(14)17-9-11/h4-5,9-10H,6-8H2,1-3H3,(H2,15,16,18). The second kappa shape index (κ2) is 7.93. The summed E-state index contributed by atoms with van der Waals surface area (Å²) in [6, 6.07) is 3.80. The first kappa shape index (κ1) is 14.8. The summed E-state index contributed by atoms with van der Waals surface area (Å²) in [6.07, 6.45) is 2.70. The molecule has 1 aromatic rings. The quantitative estimate of drug-likeness (QED) is 0.488. The molecule has 0 atom stereocenters. The topological polar surface area (TPSA) is 49.3 Å². The monoisotopic (exact) mass is 268 g/mol. The Hall–Kier alpha value is -1.29. The summed E-state index contributed by atoms with van der Waals surface area (Å²) in [6.45, 7) is 6.07. The van der Waals surface area contributed by atoms with Gasteiger partial charge in [0.1, 0.15) is 5.15 Å². The van der Waals surface area contributed by atoms with E-state index in [9.17, 15) is 0 Å². The average Bonchev–Trinajstić information content (AvgIpc) is 2.35. The van der Waals surface area contributed by atoms with Gasteiger partial charge >= 0.3 is 0 Å². The van der Waals surface area contributed by atoms with Crippen LogP contribution in [0.2, 0.25) is 5.15 Å². The van der Waals surface area contributed by atoms with Gasteiger partial charge in [0.05, 0.1) is 0 Å². The Morgan fingerprint density at radius 1 is 1.39 bits per heavy atom. The molecule has 0 aliphatic heterocycles. The van der Waals surface area contributed by atoms with Crippen LogP contribution >= 0.6 is 11.6 Å². The number of aliphatic imine (C=N–C) groups is 1. The van der Waals surface area contributed by atoms with Crippen molar-refractivity contribution in [2.75, 3.05) is 20.1 Å². The molecule has 0 radical (unpaired) electrons. The number of guanidine groups is 1. The summed E-state index contributed by atoms with van der Waals surface area (Å²) in [4.78, 5) is 8.21. The molecular formula is C13H21ClN4. The van der Waals surface area contributed by atoms with E-state index in [1.165, 1.54) is 0 Å². The molecule has 0 amide bonds. The Morgan fingerprint density at radius 2 is 2.17 bits per heavy atom. The fourth-order valence-corrected chi connectivity index (χ4v) is 1.51. The maximum absolute atomic E-state index is 5.73. The fraction of sp³-hybridized carbons (Fsp3) is 0.538. The van der Waals surface area contributed by atoms with Gasteiger partial charge in [-0.25, -0.2) is 4.98 Å². The highest BCUT2D eigenvalue weighted by molar-refractivity contribution is 6.29. The Labute approximate surface area is 114 Å². The molecule has 1 aromatic heterocycles. The largest absolute Gasteiger partial charge is 0.356 e. The van der Waals surface area contributed by atoms with Crippen LogP contribution in [0, 0.1) is 5.92 Å². The van der Waals surface area contributed by atoms with Gasteiger partial charge in [-0.3, -0.25) is 4.99 Å². The molecule has 2 N–H and O–H groups in total. The number of nitrogens with one attached hydrogen (secondary N) is 2. The van der Waals surface area contributed by atoms with Gasteiger partial charge in [0.2, 0.25) is 0 Å². The second-order valence-electron chi connectivity index (χ2n) is 4.51. The van der Waals surface area contributed by atoms with Gasteiger partial charge in [-0.05, 0) is 24.0 Å². The van der Waals surface area contributed by atoms with Crippen molar-refractivity contribution < 1.29 is 0 Å². The van der Waals surface area contributed by atoms with Gasteiger partial charge in [-0.1, -0.05) is 31.5 Å². The maximum Gasteiger partial charge on any atom is 0.190 e. The molecule has 0 fully saturated rings. The average molecular weight is 269 g/mol. The van der Waals surface area contributed by atoms with E-state index in [0.717, 1.165) is 31.0 Å². The maximum atomic E-state index is 5.73. The summed E-state index contributed by atoms with van der Waals surface area (Å²) >= 11 is 5.73. The van der Waals surface area contributed by atoms with E-state index in [2.05, 4.69) is 34.5 Å². The molecule has 0 aliphatic carbocycles. The van der Waals surface area contributed by atoms with Gasteiger partial charge < -0.3 is 10.6 Å². The van der Waals surface area contributed by atoms with Crippen LogP contribution in [0.5, 0.6) is 0 Å². The number of hydrogen-bond acceptors (Lipinski definition) is 2. The van der Waals surface area contributed by atoms with E-state index in [4.69, 9.17) is 11.6 Å². The fourth-order valence-electron chi connectivity index (χ4n) is 1.40. The van der Waals surface area contributed by atoms with Crippen LogP contribution in [0.15, 0.2) is 23.3 Å². The van der Waals surface area contributed by atoms with Gasteiger partial charge in [0.25, 0.3) is 0 Å². The van der Waals surface area contributed by atoms with E-state index in [1.54, 1.807) is 13.2 Å². The van der Waals surface area contributed by atoms with Gasteiger partial charge in [-0.2, -0.15) is 0 Å². The molecule has 0 unspecified atom stereocenters. The molecule has 0 saturated heterocycles. The van der Waals surface area contributed by atoms with Crippen molar-refractivity contribution in [2.45, 2.75) is 20.3 Å². The molecule has 0 saturated carbocycles. The smallest absolute Gasteiger partial charge is 0.190 e. The van der Waals surface area contributed by atoms with Crippen molar-refractivity contribution in [3.8, 4) is 0 Å². The summed E-state index contributed by atoms with van der Waals surface area (Å²) in [5, 5.41) is 7.06. The highest BCUT2D eigenvalue weighted by Crippen LogP contribution is 2.05. The lowest BCUT2D eigenvalue weighted by Crippen LogP contribution is -2.39. The predicted molar refractivity (Wildman–Crippen MR) is 77.2 cm³/mol. The molecule has 100 valence electrons. The highest BCUT2D eigenvalue weighted by atomic mass is 35.5. The molecule has 0 aliphatic rings. The first-order chi connectivity index (χ1) is 8.61. The Morgan fingerprint density at radius 3 is 2.72 bits per heavy atom. The molecule has 4 nitrogen and oxygen atoms in total. The van der Waals surface area contributed by atoms with Crippen LogP contribution in [-0.2, 0) is 6.42 Å². The van der Waals surface area contributed by atoms with E-state index >= 15 is 0 Å². The lowest BCUT2D eigenvalue weighted by molar-refractivity contribution is 0.614. The number of rotatable bonds is 5. The first-order valence-electron chi connectivity index (χ1n) is 6.16. The summed E-state index contributed by atoms with van der Waals surface area (Å²) < 4.78 is 0. The number of nitrogens with zero attached hydrogens (tertiary/aromatic N) is 2. The minimum atomic E-state index is 0.529. The van der Waals surface area contributed by atoms with Crippen LogP contribution < -0.4 is 10.6 Å². The molecule has 1 heterocycles. The van der Waals surface area contributed by atoms with Crippen molar-refractivity contribution in [1.29, 1.82) is 0 Å². The first-order valence-corrected chi connectivity index (χ1v) is 6.54. The molecule has 0 aromatic carbocycles. The SMILES string of the molecule is CN=C(NCCc1ccc(Cl)nc1)NCC(C)C. The van der Waals surface area contributed by atoms with Crippen LogP contribution in [-0.4, -0.2) is 31.1 Å². The third-order valence-corrected chi connectivity index (χ3v) is 2.62. The zero-order valence-corrected chi connectivity index (χ0v) is 12.0. The van der Waals surface area contributed by atoms with E-state index < -0.39 is 0 Å². The van der Waals surface area contributed by atoms with Crippen molar-refractivity contribution in [1.82, 2.24) is 15.6 Å². The van der Waals surface area contributed by atoms with Crippen molar-refractivity contribution in [3.05, 3.63) is 29.0 Å². The Bertz CT molecular complexity index is 373. The Balaban J connectivity index is 2.29. The van der Waals surface area contributed by atoms with Gasteiger partial charge in [0.15, 0.2) is 5.96 Å². The molecule has 5 heteroatoms. The van der Waals surface area contributed by atoms with Crippen LogP contribution in [0.4, 0.5) is 0 Å². The van der Waals surface area contributed by atoms with Crippen LogP contribution in [0.1, 0.15) is 19.4 Å². The van der Waals surface area contributed by atoms with Crippen molar-refractivity contribution in [3.63, 3.8) is 0 Å². The number of halogens is 1. The Kier molecular flexibility index (Phi) is 6.50. The summed E-state index contributed by atoms with van der Waals surface area (Å²) in [5.74, 6) is 1.44. The third kappa shape index (κ3) is 5.87. The normalized spacial score (nSPS) is 11.7. The molecule has 0 bridgehead atoms. The lowest BCUT2D eigenvalue weighted by Gasteiger charge is -2.13. The summed E-state index contributed by atoms with van der Waals surface area (Å²) in [5.41, 5.74) is 1.16. The minimum absolute atomic E-state index is 0.529. The second-order valence-corrected chi connectivity index (χ2v) is 4.90. The van der Waals surface area contributed by atoms with E-state index in [-0.39, 0.29) is 0 Å². The highest BCUT2D eigenvalue weighted by Gasteiger charge is 1.99. The number of hydrogen-bond donors (Lipinski definition) is 2. The third-order valence-electron chi connectivity index (χ3n) is 2.40. The van der Waals surface area contributed by atoms with Gasteiger partial charge in [0, 0.05) is 26.3 Å². The lowest BCUT2D eigenvalue weighted by atomic mass is 10.2. The zero-order valence-electron chi connectivity index (χ0n) is 11.2. The van der Waals surface area contributed by atoms with E-state index in [0.29, 0.717) is 11.1 Å². The van der Waals surface area contributed by atoms with Crippen molar-refractivity contribution in [2.24, 2.45) is 10.9 Å². The minimum Gasteiger partial charge on any atom is -0.356 e. The zero-order chi connectivity index (χ0) is 13.4. The van der Waals surface area contributed by atoms with Crippen molar-refractivity contribution >= 4 is 17.6 Å². The van der Waals surface area contributed by atoms with E-state index in [1.807, 2.05) is 12.1 Å². The molecule has 18 heavy (non-hydrogen) atoms. The molecule has 1 rings (SSSR count).